The van der Waals surface area contributed by atoms with E-state index in [-0.39, 0.29) is 0 Å². The molecule has 0 aromatic rings. The predicted octanol–water partition coefficient (Wildman–Crippen LogP) is 2.48. The van der Waals surface area contributed by atoms with E-state index in [1.54, 1.807) is 0 Å². The summed E-state index contributed by atoms with van der Waals surface area (Å²) in [5.74, 6) is 2.65. The molecule has 2 atom stereocenters. The van der Waals surface area contributed by atoms with E-state index >= 15 is 0 Å². The monoisotopic (exact) mass is 224 g/mol. The minimum Gasteiger partial charge on any atom is -0.329 e. The van der Waals surface area contributed by atoms with Crippen LogP contribution in [0, 0.1) is 17.8 Å². The predicted molar refractivity (Wildman–Crippen MR) is 69.3 cm³/mol. The molecule has 0 bridgehead atoms. The van der Waals surface area contributed by atoms with Gasteiger partial charge >= 0.3 is 0 Å². The van der Waals surface area contributed by atoms with Gasteiger partial charge in [0.05, 0.1) is 0 Å². The van der Waals surface area contributed by atoms with Gasteiger partial charge in [-0.25, -0.2) is 0 Å². The van der Waals surface area contributed by atoms with E-state index in [0.717, 1.165) is 24.3 Å². The Bertz CT molecular complexity index is 209. The molecule has 1 aliphatic heterocycles. The van der Waals surface area contributed by atoms with Crippen LogP contribution in [0.1, 0.15) is 46.0 Å². The van der Waals surface area contributed by atoms with Crippen molar-refractivity contribution < 1.29 is 0 Å². The van der Waals surface area contributed by atoms with Crippen LogP contribution < -0.4 is 5.73 Å². The highest BCUT2D eigenvalue weighted by molar-refractivity contribution is 4.88. The standard InChI is InChI=1S/C14H28N2/c1-11(2)13-7-8-16(10-13)14(9-15)12-5-3-4-6-12/h11-14H,3-10,15H2,1-2H3. The van der Waals surface area contributed by atoms with Gasteiger partial charge in [-0.3, -0.25) is 4.90 Å². The number of nitrogens with two attached hydrogens (primary N) is 1. The van der Waals surface area contributed by atoms with Gasteiger partial charge in [-0.05, 0) is 43.6 Å². The zero-order valence-corrected chi connectivity index (χ0v) is 11.0. The highest BCUT2D eigenvalue weighted by Gasteiger charge is 2.34. The molecule has 0 spiro atoms. The van der Waals surface area contributed by atoms with Crippen molar-refractivity contribution in [3.05, 3.63) is 0 Å². The van der Waals surface area contributed by atoms with E-state index in [1.165, 1.54) is 45.2 Å². The molecule has 1 saturated carbocycles. The van der Waals surface area contributed by atoms with Gasteiger partial charge in [-0.2, -0.15) is 0 Å². The molecule has 1 saturated heterocycles. The van der Waals surface area contributed by atoms with Crippen LogP contribution in [0.4, 0.5) is 0 Å². The molecule has 2 aliphatic rings. The molecule has 2 nitrogen and oxygen atoms in total. The molecule has 2 rings (SSSR count). The van der Waals surface area contributed by atoms with E-state index in [0.29, 0.717) is 6.04 Å². The smallest absolute Gasteiger partial charge is 0.0246 e. The number of hydrogen-bond donors (Lipinski definition) is 1. The van der Waals surface area contributed by atoms with Crippen LogP contribution in [-0.2, 0) is 0 Å². The lowest BCUT2D eigenvalue weighted by Crippen LogP contribution is -2.43. The zero-order valence-electron chi connectivity index (χ0n) is 11.0. The van der Waals surface area contributed by atoms with Gasteiger partial charge in [-0.15, -0.1) is 0 Å². The van der Waals surface area contributed by atoms with Crippen LogP contribution >= 0.6 is 0 Å². The fourth-order valence-electron chi connectivity index (χ4n) is 3.64. The van der Waals surface area contributed by atoms with Crippen LogP contribution in [0.2, 0.25) is 0 Å². The maximum absolute atomic E-state index is 6.01. The van der Waals surface area contributed by atoms with Crippen molar-refractivity contribution in [2.75, 3.05) is 19.6 Å². The minimum atomic E-state index is 0.686. The topological polar surface area (TPSA) is 29.3 Å². The summed E-state index contributed by atoms with van der Waals surface area (Å²) in [6.07, 6.45) is 7.10. The van der Waals surface area contributed by atoms with Gasteiger partial charge in [0.25, 0.3) is 0 Å². The van der Waals surface area contributed by atoms with Gasteiger partial charge in [-0.1, -0.05) is 26.7 Å². The number of hydrogen-bond acceptors (Lipinski definition) is 2. The Balaban J connectivity index is 1.90. The Morgan fingerprint density at radius 1 is 1.12 bits per heavy atom. The van der Waals surface area contributed by atoms with Gasteiger partial charge in [0.15, 0.2) is 0 Å². The van der Waals surface area contributed by atoms with E-state index in [4.69, 9.17) is 5.73 Å². The molecule has 0 amide bonds. The minimum absolute atomic E-state index is 0.686. The largest absolute Gasteiger partial charge is 0.329 e. The molecule has 0 aromatic heterocycles. The van der Waals surface area contributed by atoms with E-state index in [9.17, 15) is 0 Å². The third-order valence-corrected chi connectivity index (χ3v) is 4.85. The molecule has 1 aliphatic carbocycles. The van der Waals surface area contributed by atoms with Crippen LogP contribution in [0.15, 0.2) is 0 Å². The number of rotatable bonds is 4. The van der Waals surface area contributed by atoms with Crippen LogP contribution in [0.5, 0.6) is 0 Å². The van der Waals surface area contributed by atoms with Crippen molar-refractivity contribution in [2.45, 2.75) is 52.0 Å². The van der Waals surface area contributed by atoms with Crippen LogP contribution in [0.3, 0.4) is 0 Å². The van der Waals surface area contributed by atoms with Crippen molar-refractivity contribution in [1.29, 1.82) is 0 Å². The highest BCUT2D eigenvalue weighted by Crippen LogP contribution is 2.33. The average Bonchev–Trinajstić information content (AvgIpc) is 2.88. The summed E-state index contributed by atoms with van der Waals surface area (Å²) in [6.45, 7) is 8.19. The van der Waals surface area contributed by atoms with E-state index in [1.807, 2.05) is 0 Å². The number of nitrogens with zero attached hydrogens (tertiary/aromatic N) is 1. The second kappa shape index (κ2) is 5.50. The number of likely N-dealkylation sites (tertiary alicyclic amines) is 1. The Morgan fingerprint density at radius 2 is 1.81 bits per heavy atom. The molecule has 0 radical (unpaired) electrons. The normalized spacial score (nSPS) is 30.4. The highest BCUT2D eigenvalue weighted by atomic mass is 15.2. The molecule has 2 fully saturated rings. The summed E-state index contributed by atoms with van der Waals surface area (Å²) in [5, 5.41) is 0. The molecule has 2 heteroatoms. The zero-order chi connectivity index (χ0) is 11.5. The van der Waals surface area contributed by atoms with Crippen molar-refractivity contribution in [3.8, 4) is 0 Å². The summed E-state index contributed by atoms with van der Waals surface area (Å²) in [5.41, 5.74) is 6.01. The SMILES string of the molecule is CC(C)C1CCN(C(CN)C2CCCC2)C1. The second-order valence-corrected chi connectivity index (χ2v) is 6.14. The summed E-state index contributed by atoms with van der Waals surface area (Å²) >= 11 is 0. The van der Waals surface area contributed by atoms with Crippen molar-refractivity contribution >= 4 is 0 Å². The lowest BCUT2D eigenvalue weighted by atomic mass is 9.94. The fraction of sp³-hybridized carbons (Fsp3) is 1.00. The molecule has 2 unspecified atom stereocenters. The Kier molecular flexibility index (Phi) is 4.26. The average molecular weight is 224 g/mol. The molecule has 16 heavy (non-hydrogen) atoms. The molecular formula is C14H28N2. The molecule has 2 N–H and O–H groups in total. The molecule has 1 heterocycles. The summed E-state index contributed by atoms with van der Waals surface area (Å²) < 4.78 is 0. The molecule has 0 aromatic carbocycles. The third-order valence-electron chi connectivity index (χ3n) is 4.85. The third kappa shape index (κ3) is 2.60. The first-order chi connectivity index (χ1) is 7.72. The van der Waals surface area contributed by atoms with Crippen molar-refractivity contribution in [1.82, 2.24) is 4.90 Å². The Morgan fingerprint density at radius 3 is 2.31 bits per heavy atom. The first-order valence-corrected chi connectivity index (χ1v) is 7.16. The molecular weight excluding hydrogens is 196 g/mol. The van der Waals surface area contributed by atoms with Gasteiger partial charge in [0.1, 0.15) is 0 Å². The molecule has 94 valence electrons. The lowest BCUT2D eigenvalue weighted by Gasteiger charge is -2.32. The maximum atomic E-state index is 6.01. The van der Waals surface area contributed by atoms with Crippen LogP contribution in [-0.4, -0.2) is 30.6 Å². The van der Waals surface area contributed by atoms with Gasteiger partial charge in [0, 0.05) is 19.1 Å². The van der Waals surface area contributed by atoms with Gasteiger partial charge in [0.2, 0.25) is 0 Å². The summed E-state index contributed by atoms with van der Waals surface area (Å²) in [4.78, 5) is 2.70. The fourth-order valence-corrected chi connectivity index (χ4v) is 3.64. The van der Waals surface area contributed by atoms with Crippen molar-refractivity contribution in [2.24, 2.45) is 23.5 Å². The first kappa shape index (κ1) is 12.4. The summed E-state index contributed by atoms with van der Waals surface area (Å²) in [7, 11) is 0. The summed E-state index contributed by atoms with van der Waals surface area (Å²) in [6, 6.07) is 0.686. The van der Waals surface area contributed by atoms with Gasteiger partial charge < -0.3 is 5.73 Å². The van der Waals surface area contributed by atoms with E-state index < -0.39 is 0 Å². The Hall–Kier alpha value is -0.0800. The van der Waals surface area contributed by atoms with E-state index in [2.05, 4.69) is 18.7 Å². The maximum Gasteiger partial charge on any atom is 0.0246 e. The lowest BCUT2D eigenvalue weighted by molar-refractivity contribution is 0.170. The quantitative estimate of drug-likeness (QED) is 0.795. The van der Waals surface area contributed by atoms with Crippen LogP contribution in [0.25, 0.3) is 0 Å². The first-order valence-electron chi connectivity index (χ1n) is 7.16. The van der Waals surface area contributed by atoms with Crippen molar-refractivity contribution in [3.63, 3.8) is 0 Å². The Labute approximate surface area is 101 Å². The second-order valence-electron chi connectivity index (χ2n) is 6.14.